The van der Waals surface area contributed by atoms with Crippen LogP contribution in [0.3, 0.4) is 0 Å². The van der Waals surface area contributed by atoms with Gasteiger partial charge in [0.05, 0.1) is 13.2 Å². The molecule has 1 N–H and O–H groups in total. The van der Waals surface area contributed by atoms with Crippen LogP contribution in [0.15, 0.2) is 48.5 Å². The number of halogens is 1. The highest BCUT2D eigenvalue weighted by molar-refractivity contribution is 5.74. The molecule has 0 aromatic heterocycles. The molecule has 2 aliphatic heterocycles. The Hall–Kier alpha value is -2.44. The van der Waals surface area contributed by atoms with Crippen molar-refractivity contribution in [1.82, 2.24) is 15.1 Å². The average Bonchev–Trinajstić information content (AvgIpc) is 2.81. The number of piperidine rings is 1. The number of morpholine rings is 1. The lowest BCUT2D eigenvalue weighted by Crippen LogP contribution is -2.44. The molecular weight excluding hydrogens is 393 g/mol. The van der Waals surface area contributed by atoms with Gasteiger partial charge in [0, 0.05) is 39.3 Å². The summed E-state index contributed by atoms with van der Waals surface area (Å²) in [7, 11) is 0. The first-order valence-electron chi connectivity index (χ1n) is 11.3. The van der Waals surface area contributed by atoms with Crippen LogP contribution in [0.5, 0.6) is 0 Å². The van der Waals surface area contributed by atoms with Gasteiger partial charge in [0.25, 0.3) is 0 Å². The highest BCUT2D eigenvalue weighted by Gasteiger charge is 2.23. The molecule has 31 heavy (non-hydrogen) atoms. The fourth-order valence-corrected chi connectivity index (χ4v) is 4.36. The lowest BCUT2D eigenvalue weighted by Gasteiger charge is -2.32. The number of benzene rings is 2. The molecule has 5 nitrogen and oxygen atoms in total. The molecule has 0 unspecified atom stereocenters. The van der Waals surface area contributed by atoms with Crippen LogP contribution in [0.1, 0.15) is 29.5 Å². The van der Waals surface area contributed by atoms with Gasteiger partial charge in [0.15, 0.2) is 0 Å². The Morgan fingerprint density at radius 2 is 1.52 bits per heavy atom. The van der Waals surface area contributed by atoms with Crippen LogP contribution in [0.2, 0.25) is 0 Å². The third-order valence-corrected chi connectivity index (χ3v) is 6.32. The molecule has 2 saturated heterocycles. The van der Waals surface area contributed by atoms with Crippen molar-refractivity contribution in [2.75, 3.05) is 39.4 Å². The highest BCUT2D eigenvalue weighted by Crippen LogP contribution is 2.22. The zero-order chi connectivity index (χ0) is 21.5. The minimum absolute atomic E-state index is 0.0322. The van der Waals surface area contributed by atoms with E-state index in [2.05, 4.69) is 34.5 Å². The molecule has 0 bridgehead atoms. The van der Waals surface area contributed by atoms with Gasteiger partial charge in [0.1, 0.15) is 5.82 Å². The first-order valence-corrected chi connectivity index (χ1v) is 11.3. The molecule has 166 valence electrons. The van der Waals surface area contributed by atoms with Crippen LogP contribution in [-0.2, 0) is 24.2 Å². The lowest BCUT2D eigenvalue weighted by atomic mass is 9.90. The zero-order valence-electron chi connectivity index (χ0n) is 18.1. The number of rotatable bonds is 6. The third-order valence-electron chi connectivity index (χ3n) is 6.32. The van der Waals surface area contributed by atoms with Gasteiger partial charge in [-0.15, -0.1) is 0 Å². The number of carbonyl (C=O) groups is 1. The average molecular weight is 426 g/mol. The second-order valence-corrected chi connectivity index (χ2v) is 8.62. The van der Waals surface area contributed by atoms with E-state index >= 15 is 0 Å². The summed E-state index contributed by atoms with van der Waals surface area (Å²) < 4.78 is 18.4. The third kappa shape index (κ3) is 6.52. The summed E-state index contributed by atoms with van der Waals surface area (Å²) >= 11 is 0. The summed E-state index contributed by atoms with van der Waals surface area (Å²) in [5.74, 6) is 0.357. The number of likely N-dealkylation sites (tertiary alicyclic amines) is 1. The van der Waals surface area contributed by atoms with E-state index in [0.717, 1.165) is 70.8 Å². The smallest absolute Gasteiger partial charge is 0.317 e. The monoisotopic (exact) mass is 425 g/mol. The molecule has 0 atom stereocenters. The van der Waals surface area contributed by atoms with Crippen molar-refractivity contribution in [2.45, 2.75) is 32.4 Å². The maximum absolute atomic E-state index is 13.0. The van der Waals surface area contributed by atoms with Gasteiger partial charge in [-0.1, -0.05) is 36.4 Å². The van der Waals surface area contributed by atoms with Gasteiger partial charge in [0.2, 0.25) is 0 Å². The van der Waals surface area contributed by atoms with E-state index in [1.807, 2.05) is 4.90 Å². The van der Waals surface area contributed by atoms with Gasteiger partial charge in [-0.2, -0.15) is 0 Å². The van der Waals surface area contributed by atoms with E-state index in [0.29, 0.717) is 12.5 Å². The van der Waals surface area contributed by atoms with Crippen molar-refractivity contribution in [1.29, 1.82) is 0 Å². The zero-order valence-corrected chi connectivity index (χ0v) is 18.1. The molecule has 2 heterocycles. The van der Waals surface area contributed by atoms with Crippen molar-refractivity contribution < 1.29 is 13.9 Å². The normalized spacial score (nSPS) is 18.2. The Bertz CT molecular complexity index is 827. The number of hydrogen-bond donors (Lipinski definition) is 1. The molecule has 6 heteroatoms. The summed E-state index contributed by atoms with van der Waals surface area (Å²) in [6.45, 7) is 6.69. The number of nitrogens with one attached hydrogen (secondary N) is 1. The van der Waals surface area contributed by atoms with Crippen molar-refractivity contribution in [2.24, 2.45) is 5.92 Å². The quantitative estimate of drug-likeness (QED) is 0.765. The fraction of sp³-hybridized carbons (Fsp3) is 0.480. The Morgan fingerprint density at radius 1 is 0.903 bits per heavy atom. The number of urea groups is 1. The predicted octanol–water partition coefficient (Wildman–Crippen LogP) is 3.82. The largest absolute Gasteiger partial charge is 0.379 e. The second-order valence-electron chi connectivity index (χ2n) is 8.62. The highest BCUT2D eigenvalue weighted by atomic mass is 19.1. The number of hydrogen-bond acceptors (Lipinski definition) is 3. The maximum atomic E-state index is 13.0. The van der Waals surface area contributed by atoms with Crippen molar-refractivity contribution in [3.05, 3.63) is 71.0 Å². The van der Waals surface area contributed by atoms with E-state index in [9.17, 15) is 9.18 Å². The van der Waals surface area contributed by atoms with E-state index in [1.54, 1.807) is 12.1 Å². The molecule has 0 saturated carbocycles. The van der Waals surface area contributed by atoms with Crippen molar-refractivity contribution in [3.63, 3.8) is 0 Å². The van der Waals surface area contributed by atoms with Crippen LogP contribution >= 0.6 is 0 Å². The minimum Gasteiger partial charge on any atom is -0.379 e. The summed E-state index contributed by atoms with van der Waals surface area (Å²) in [6.07, 6.45) is 3.13. The molecule has 2 amide bonds. The Balaban J connectivity index is 1.18. The lowest BCUT2D eigenvalue weighted by molar-refractivity contribution is 0.0342. The van der Waals surface area contributed by atoms with Crippen molar-refractivity contribution in [3.8, 4) is 0 Å². The molecule has 2 aromatic rings. The SMILES string of the molecule is O=C(NCc1ccc(F)cc1)N1CCC(Cc2ccc(CN3CCOCC3)cc2)CC1. The van der Waals surface area contributed by atoms with Crippen LogP contribution < -0.4 is 5.32 Å². The maximum Gasteiger partial charge on any atom is 0.317 e. The van der Waals surface area contributed by atoms with Gasteiger partial charge in [-0.3, -0.25) is 4.90 Å². The van der Waals surface area contributed by atoms with E-state index in [4.69, 9.17) is 4.74 Å². The minimum atomic E-state index is -0.260. The first-order chi connectivity index (χ1) is 15.2. The molecular formula is C25H32FN3O2. The number of nitrogens with zero attached hydrogens (tertiary/aromatic N) is 2. The standard InChI is InChI=1S/C25H32FN3O2/c26-24-7-5-22(6-8-24)18-27-25(30)29-11-9-21(10-12-29)17-20-1-3-23(4-2-20)19-28-13-15-31-16-14-28/h1-8,21H,9-19H2,(H,27,30). The van der Waals surface area contributed by atoms with E-state index < -0.39 is 0 Å². The molecule has 4 rings (SSSR count). The van der Waals surface area contributed by atoms with Gasteiger partial charge in [-0.25, -0.2) is 9.18 Å². The van der Waals surface area contributed by atoms with Gasteiger partial charge >= 0.3 is 6.03 Å². The van der Waals surface area contributed by atoms with Crippen LogP contribution in [-0.4, -0.2) is 55.2 Å². The number of ether oxygens (including phenoxy) is 1. The molecule has 0 aliphatic carbocycles. The van der Waals surface area contributed by atoms with E-state index in [1.165, 1.54) is 23.3 Å². The van der Waals surface area contributed by atoms with Crippen LogP contribution in [0.4, 0.5) is 9.18 Å². The summed E-state index contributed by atoms with van der Waals surface area (Å²) in [6, 6.07) is 15.2. The summed E-state index contributed by atoms with van der Waals surface area (Å²) in [5.41, 5.74) is 3.64. The van der Waals surface area contributed by atoms with Gasteiger partial charge in [-0.05, 0) is 54.0 Å². The Labute approximate surface area is 184 Å². The predicted molar refractivity (Wildman–Crippen MR) is 119 cm³/mol. The number of carbonyl (C=O) groups excluding carboxylic acids is 1. The van der Waals surface area contributed by atoms with Crippen molar-refractivity contribution >= 4 is 6.03 Å². The first kappa shape index (κ1) is 21.8. The second kappa shape index (κ2) is 10.7. The number of amides is 2. The van der Waals surface area contributed by atoms with Crippen LogP contribution in [0.25, 0.3) is 0 Å². The summed E-state index contributed by atoms with van der Waals surface area (Å²) in [4.78, 5) is 16.8. The Kier molecular flexibility index (Phi) is 7.54. The summed E-state index contributed by atoms with van der Waals surface area (Å²) in [5, 5.41) is 2.95. The fourth-order valence-electron chi connectivity index (χ4n) is 4.36. The molecule has 0 radical (unpaired) electrons. The van der Waals surface area contributed by atoms with Crippen LogP contribution in [0, 0.1) is 11.7 Å². The molecule has 2 aliphatic rings. The molecule has 0 spiro atoms. The van der Waals surface area contributed by atoms with E-state index in [-0.39, 0.29) is 11.8 Å². The topological polar surface area (TPSA) is 44.8 Å². The molecule has 2 fully saturated rings. The van der Waals surface area contributed by atoms with Gasteiger partial charge < -0.3 is 15.0 Å². The Morgan fingerprint density at radius 3 is 2.19 bits per heavy atom. The molecule has 2 aromatic carbocycles.